The van der Waals surface area contributed by atoms with Crippen molar-refractivity contribution in [3.8, 4) is 0 Å². The van der Waals surface area contributed by atoms with Gasteiger partial charge in [-0.2, -0.15) is 0 Å². The molecule has 1 aromatic rings. The van der Waals surface area contributed by atoms with Crippen molar-refractivity contribution in [3.63, 3.8) is 0 Å². The van der Waals surface area contributed by atoms with Gasteiger partial charge in [-0.1, -0.05) is 0 Å². The first-order chi connectivity index (χ1) is 7.00. The molecule has 0 heterocycles. The van der Waals surface area contributed by atoms with E-state index >= 15 is 0 Å². The van der Waals surface area contributed by atoms with Crippen LogP contribution in [0.15, 0.2) is 18.2 Å². The Kier molecular flexibility index (Phi) is 2.57. The van der Waals surface area contributed by atoms with Crippen molar-refractivity contribution in [2.24, 2.45) is 0 Å². The maximum absolute atomic E-state index is 10.6. The minimum absolute atomic E-state index is 0.169. The molecule has 1 aromatic carbocycles. The third-order valence-corrected chi connectivity index (χ3v) is 3.45. The zero-order valence-corrected chi connectivity index (χ0v) is 10.4. The largest absolute Gasteiger partial charge is 0.380 e. The van der Waals surface area contributed by atoms with E-state index in [4.69, 9.17) is 0 Å². The molecule has 0 bridgehead atoms. The predicted molar refractivity (Wildman–Crippen MR) is 67.1 cm³/mol. The molecule has 0 spiro atoms. The molecule has 0 atom stereocenters. The zero-order chi connectivity index (χ0) is 11.1. The van der Waals surface area contributed by atoms with Crippen molar-refractivity contribution in [2.75, 3.05) is 5.32 Å². The Balaban J connectivity index is 2.21. The fraction of sp³-hybridized carbons (Fsp3) is 0.400. The molecule has 1 fully saturated rings. The number of benzene rings is 1. The summed E-state index contributed by atoms with van der Waals surface area (Å²) >= 11 is 1.99. The normalized spacial score (nSPS) is 17.2. The molecule has 5 heteroatoms. The van der Waals surface area contributed by atoms with Crippen LogP contribution in [0.5, 0.6) is 0 Å². The van der Waals surface area contributed by atoms with E-state index in [1.54, 1.807) is 12.1 Å². The second-order valence-electron chi connectivity index (χ2n) is 4.11. The third-order valence-electron chi connectivity index (χ3n) is 2.59. The van der Waals surface area contributed by atoms with E-state index in [0.717, 1.165) is 5.69 Å². The molecule has 1 aliphatic rings. The summed E-state index contributed by atoms with van der Waals surface area (Å²) in [5, 5.41) is 14.0. The van der Waals surface area contributed by atoms with Gasteiger partial charge in [0.05, 0.1) is 8.49 Å². The highest BCUT2D eigenvalue weighted by Gasteiger charge is 2.37. The Labute approximate surface area is 101 Å². The second kappa shape index (κ2) is 3.62. The van der Waals surface area contributed by atoms with Gasteiger partial charge in [0, 0.05) is 17.3 Å². The Morgan fingerprint density at radius 3 is 2.67 bits per heavy atom. The summed E-state index contributed by atoms with van der Waals surface area (Å²) in [5.74, 6) is 0. The van der Waals surface area contributed by atoms with Crippen molar-refractivity contribution in [1.82, 2.24) is 0 Å². The molecule has 0 saturated heterocycles. The van der Waals surface area contributed by atoms with Crippen LogP contribution in [0, 0.1) is 13.7 Å². The van der Waals surface area contributed by atoms with Crippen LogP contribution in [0.1, 0.15) is 19.8 Å². The number of nitrogens with zero attached hydrogens (tertiary/aromatic N) is 1. The maximum Gasteiger partial charge on any atom is 0.282 e. The smallest absolute Gasteiger partial charge is 0.282 e. The first kappa shape index (κ1) is 10.7. The SMILES string of the molecule is CC1(Nc2ccc([N+](=O)[O-])c(I)c2)CC1. The average Bonchev–Trinajstić information content (AvgIpc) is 2.82. The van der Waals surface area contributed by atoms with Crippen LogP contribution in [0.3, 0.4) is 0 Å². The number of halogens is 1. The van der Waals surface area contributed by atoms with Gasteiger partial charge in [-0.25, -0.2) is 0 Å². The van der Waals surface area contributed by atoms with E-state index in [0.29, 0.717) is 3.57 Å². The Morgan fingerprint density at radius 2 is 2.20 bits per heavy atom. The number of nitro benzene ring substituents is 1. The summed E-state index contributed by atoms with van der Waals surface area (Å²) in [5.41, 5.74) is 1.34. The highest BCUT2D eigenvalue weighted by molar-refractivity contribution is 14.1. The number of nitro groups is 1. The topological polar surface area (TPSA) is 55.2 Å². The number of nitrogens with one attached hydrogen (secondary N) is 1. The third kappa shape index (κ3) is 2.39. The summed E-state index contributed by atoms with van der Waals surface area (Å²) in [6.45, 7) is 2.15. The molecule has 0 aromatic heterocycles. The van der Waals surface area contributed by atoms with Crippen LogP contribution < -0.4 is 5.32 Å². The fourth-order valence-corrected chi connectivity index (χ4v) is 2.11. The molecule has 0 aliphatic heterocycles. The maximum atomic E-state index is 10.6. The second-order valence-corrected chi connectivity index (χ2v) is 5.27. The monoisotopic (exact) mass is 318 g/mol. The van der Waals surface area contributed by atoms with Crippen molar-refractivity contribution >= 4 is 34.0 Å². The average molecular weight is 318 g/mol. The molecule has 80 valence electrons. The lowest BCUT2D eigenvalue weighted by molar-refractivity contribution is -0.385. The Morgan fingerprint density at radius 1 is 1.53 bits per heavy atom. The van der Waals surface area contributed by atoms with Gasteiger partial charge in [0.15, 0.2) is 0 Å². The van der Waals surface area contributed by atoms with E-state index in [-0.39, 0.29) is 16.1 Å². The van der Waals surface area contributed by atoms with E-state index in [1.807, 2.05) is 28.7 Å². The molecule has 1 saturated carbocycles. The molecular formula is C10H11IN2O2. The van der Waals surface area contributed by atoms with Crippen LogP contribution in [0.2, 0.25) is 0 Å². The van der Waals surface area contributed by atoms with Gasteiger partial charge >= 0.3 is 0 Å². The van der Waals surface area contributed by atoms with Crippen molar-refractivity contribution in [2.45, 2.75) is 25.3 Å². The van der Waals surface area contributed by atoms with Crippen LogP contribution in [-0.2, 0) is 0 Å². The lowest BCUT2D eigenvalue weighted by Crippen LogP contribution is -2.15. The number of anilines is 1. The van der Waals surface area contributed by atoms with Crippen LogP contribution in [-0.4, -0.2) is 10.5 Å². The minimum atomic E-state index is -0.357. The standard InChI is InChI=1S/C10H11IN2O2/c1-10(4-5-10)12-7-2-3-9(13(14)15)8(11)6-7/h2-3,6,12H,4-5H2,1H3. The Hall–Kier alpha value is -0.850. The number of hydrogen-bond acceptors (Lipinski definition) is 3. The van der Waals surface area contributed by atoms with E-state index in [1.165, 1.54) is 12.8 Å². The Bertz CT molecular complexity index is 416. The van der Waals surface area contributed by atoms with Gasteiger partial charge < -0.3 is 5.32 Å². The highest BCUT2D eigenvalue weighted by atomic mass is 127. The van der Waals surface area contributed by atoms with Crippen molar-refractivity contribution in [3.05, 3.63) is 31.9 Å². The summed E-state index contributed by atoms with van der Waals surface area (Å²) in [7, 11) is 0. The predicted octanol–water partition coefficient (Wildman–Crippen LogP) is 3.16. The molecular weight excluding hydrogens is 307 g/mol. The zero-order valence-electron chi connectivity index (χ0n) is 8.29. The van der Waals surface area contributed by atoms with Gasteiger partial charge in [0.25, 0.3) is 5.69 Å². The van der Waals surface area contributed by atoms with Gasteiger partial charge in [-0.15, -0.1) is 0 Å². The van der Waals surface area contributed by atoms with Gasteiger partial charge in [-0.05, 0) is 54.5 Å². The number of hydrogen-bond donors (Lipinski definition) is 1. The fourth-order valence-electron chi connectivity index (χ4n) is 1.39. The molecule has 0 unspecified atom stereocenters. The first-order valence-corrected chi connectivity index (χ1v) is 5.80. The molecule has 1 N–H and O–H groups in total. The molecule has 1 aliphatic carbocycles. The molecule has 0 radical (unpaired) electrons. The number of rotatable bonds is 3. The van der Waals surface area contributed by atoms with Crippen molar-refractivity contribution < 1.29 is 4.92 Å². The lowest BCUT2D eigenvalue weighted by atomic mass is 10.2. The van der Waals surface area contributed by atoms with Gasteiger partial charge in [0.1, 0.15) is 0 Å². The molecule has 15 heavy (non-hydrogen) atoms. The van der Waals surface area contributed by atoms with Gasteiger partial charge in [-0.3, -0.25) is 10.1 Å². The summed E-state index contributed by atoms with van der Waals surface area (Å²) in [4.78, 5) is 10.3. The quantitative estimate of drug-likeness (QED) is 0.529. The van der Waals surface area contributed by atoms with E-state index in [9.17, 15) is 10.1 Å². The molecule has 2 rings (SSSR count). The van der Waals surface area contributed by atoms with E-state index < -0.39 is 0 Å². The van der Waals surface area contributed by atoms with Crippen molar-refractivity contribution in [1.29, 1.82) is 0 Å². The molecule has 4 nitrogen and oxygen atoms in total. The molecule has 0 amide bonds. The van der Waals surface area contributed by atoms with Crippen LogP contribution in [0.25, 0.3) is 0 Å². The van der Waals surface area contributed by atoms with Crippen LogP contribution in [0.4, 0.5) is 11.4 Å². The first-order valence-electron chi connectivity index (χ1n) is 4.72. The lowest BCUT2D eigenvalue weighted by Gasteiger charge is -2.13. The van der Waals surface area contributed by atoms with Gasteiger partial charge in [0.2, 0.25) is 0 Å². The minimum Gasteiger partial charge on any atom is -0.380 e. The summed E-state index contributed by atoms with van der Waals surface area (Å²) in [6, 6.07) is 5.14. The highest BCUT2D eigenvalue weighted by Crippen LogP contribution is 2.38. The summed E-state index contributed by atoms with van der Waals surface area (Å²) in [6.07, 6.45) is 2.33. The van der Waals surface area contributed by atoms with E-state index in [2.05, 4.69) is 12.2 Å². The summed E-state index contributed by atoms with van der Waals surface area (Å²) < 4.78 is 0.673. The van der Waals surface area contributed by atoms with Crippen LogP contribution >= 0.6 is 22.6 Å².